The Labute approximate surface area is 217 Å². The van der Waals surface area contributed by atoms with E-state index in [2.05, 4.69) is 15.3 Å². The van der Waals surface area contributed by atoms with E-state index in [-0.39, 0.29) is 37.8 Å². The molecule has 1 saturated heterocycles. The maximum absolute atomic E-state index is 14.0. The number of amides is 1. The number of hydrogen-bond donors (Lipinski definition) is 1. The predicted octanol–water partition coefficient (Wildman–Crippen LogP) is 4.49. The number of pyridine rings is 2. The maximum Gasteiger partial charge on any atom is 0.405 e. The normalized spacial score (nSPS) is 17.6. The molecule has 2 aromatic heterocycles. The summed E-state index contributed by atoms with van der Waals surface area (Å²) in [7, 11) is 1.47. The second-order valence-electron chi connectivity index (χ2n) is 8.83. The zero-order valence-corrected chi connectivity index (χ0v) is 20.8. The van der Waals surface area contributed by atoms with Gasteiger partial charge in [0.2, 0.25) is 11.8 Å². The third-order valence-electron chi connectivity index (χ3n) is 6.26. The van der Waals surface area contributed by atoms with E-state index < -0.39 is 24.2 Å². The fourth-order valence-electron chi connectivity index (χ4n) is 4.10. The Balaban J connectivity index is 1.35. The van der Waals surface area contributed by atoms with E-state index in [1.165, 1.54) is 59.6 Å². The molecule has 1 aromatic carbocycles. The van der Waals surface area contributed by atoms with E-state index >= 15 is 0 Å². The lowest BCUT2D eigenvalue weighted by atomic mass is 10.1. The van der Waals surface area contributed by atoms with Gasteiger partial charge in [0.1, 0.15) is 29.2 Å². The quantitative estimate of drug-likeness (QED) is 0.428. The van der Waals surface area contributed by atoms with Crippen LogP contribution in [0.1, 0.15) is 12.5 Å². The summed E-state index contributed by atoms with van der Waals surface area (Å²) in [5.41, 5.74) is 0.636. The van der Waals surface area contributed by atoms with E-state index in [1.54, 1.807) is 25.1 Å². The molecule has 1 unspecified atom stereocenters. The van der Waals surface area contributed by atoms with Crippen molar-refractivity contribution in [2.24, 2.45) is 0 Å². The van der Waals surface area contributed by atoms with Crippen molar-refractivity contribution < 1.29 is 31.8 Å². The van der Waals surface area contributed by atoms with Crippen molar-refractivity contribution in [3.63, 3.8) is 0 Å². The molecular weight excluding hydrogens is 506 g/mol. The van der Waals surface area contributed by atoms with Crippen molar-refractivity contribution in [3.05, 3.63) is 72.3 Å². The number of nitrogens with zero attached hydrogens (tertiary/aromatic N) is 4. The van der Waals surface area contributed by atoms with Crippen molar-refractivity contribution in [2.45, 2.75) is 31.7 Å². The number of anilines is 1. The molecule has 1 aliphatic rings. The summed E-state index contributed by atoms with van der Waals surface area (Å²) in [5, 5.41) is 2.64. The highest BCUT2D eigenvalue weighted by molar-refractivity contribution is 5.93. The van der Waals surface area contributed by atoms with Crippen LogP contribution < -0.4 is 14.8 Å². The smallest absolute Gasteiger partial charge is 0.405 e. The minimum Gasteiger partial charge on any atom is -0.481 e. The van der Waals surface area contributed by atoms with Crippen LogP contribution in [0.25, 0.3) is 0 Å². The summed E-state index contributed by atoms with van der Waals surface area (Å²) in [6.45, 7) is 1.70. The maximum atomic E-state index is 14.0. The number of ether oxygens (including phenoxy) is 2. The Morgan fingerprint density at radius 2 is 1.79 bits per heavy atom. The highest BCUT2D eigenvalue weighted by atomic mass is 19.4. The number of aromatic nitrogens is 2. The Kier molecular flexibility index (Phi) is 8.42. The molecule has 1 N–H and O–H groups in total. The third kappa shape index (κ3) is 6.95. The van der Waals surface area contributed by atoms with Crippen molar-refractivity contribution in [3.8, 4) is 17.4 Å². The first-order valence-electron chi connectivity index (χ1n) is 11.9. The number of carbonyl (C=O) groups excluding carboxylic acids is 1. The first-order chi connectivity index (χ1) is 18.1. The van der Waals surface area contributed by atoms with E-state index in [0.717, 1.165) is 0 Å². The molecule has 12 heteroatoms. The molecule has 4 rings (SSSR count). The van der Waals surface area contributed by atoms with Crippen molar-refractivity contribution >= 4 is 11.7 Å². The standard InChI is InChI=1S/C26H27F4N5O3/c1-17(25(36)33-23-9-8-21(14-31-23)38-20-6-4-19(27)5-7-20)34-11-12-35(22(16-34)26(28,29)30)15-18-3-10-24(37-2)32-13-18/h3-10,13-14,17,22H,11-12,15-16H2,1-2H3,(H,31,33,36)/t17?,22-/m1/s1. The fourth-order valence-corrected chi connectivity index (χ4v) is 4.10. The summed E-state index contributed by atoms with van der Waals surface area (Å²) in [6.07, 6.45) is -1.59. The van der Waals surface area contributed by atoms with Gasteiger partial charge in [-0.3, -0.25) is 14.6 Å². The number of piperazine rings is 1. The Morgan fingerprint density at radius 1 is 1.05 bits per heavy atom. The number of halogens is 4. The molecule has 1 fully saturated rings. The summed E-state index contributed by atoms with van der Waals surface area (Å²) < 4.78 is 65.5. The van der Waals surface area contributed by atoms with Crippen LogP contribution in [0.3, 0.4) is 0 Å². The molecule has 2 atom stereocenters. The largest absolute Gasteiger partial charge is 0.481 e. The lowest BCUT2D eigenvalue weighted by molar-refractivity contribution is -0.201. The molecule has 0 radical (unpaired) electrons. The Morgan fingerprint density at radius 3 is 2.39 bits per heavy atom. The van der Waals surface area contributed by atoms with Crippen LogP contribution in [0, 0.1) is 5.82 Å². The predicted molar refractivity (Wildman–Crippen MR) is 131 cm³/mol. The van der Waals surface area contributed by atoms with Crippen LogP contribution in [0.5, 0.6) is 17.4 Å². The van der Waals surface area contributed by atoms with Crippen LogP contribution in [0.15, 0.2) is 60.9 Å². The number of methoxy groups -OCH3 is 1. The molecule has 0 bridgehead atoms. The van der Waals surface area contributed by atoms with Crippen LogP contribution in [-0.2, 0) is 11.3 Å². The van der Waals surface area contributed by atoms with E-state index in [4.69, 9.17) is 9.47 Å². The topological polar surface area (TPSA) is 79.8 Å². The van der Waals surface area contributed by atoms with Gasteiger partial charge in [0.15, 0.2) is 0 Å². The Hall–Kier alpha value is -3.77. The molecule has 38 heavy (non-hydrogen) atoms. The summed E-state index contributed by atoms with van der Waals surface area (Å²) in [5.74, 6) is 0.541. The molecule has 8 nitrogen and oxygen atoms in total. The summed E-state index contributed by atoms with van der Waals surface area (Å²) in [6, 6.07) is 9.28. The first kappa shape index (κ1) is 27.3. The zero-order valence-electron chi connectivity index (χ0n) is 20.8. The SMILES string of the molecule is COc1ccc(CN2CCN(C(C)C(=O)Nc3ccc(Oc4ccc(F)cc4)cn3)C[C@@H]2C(F)(F)F)cn1. The zero-order chi connectivity index (χ0) is 27.3. The third-order valence-corrected chi connectivity index (χ3v) is 6.26. The molecule has 3 aromatic rings. The number of alkyl halides is 3. The monoisotopic (exact) mass is 533 g/mol. The van der Waals surface area contributed by atoms with E-state index in [9.17, 15) is 22.4 Å². The molecule has 3 heterocycles. The van der Waals surface area contributed by atoms with Gasteiger partial charge >= 0.3 is 6.18 Å². The van der Waals surface area contributed by atoms with Gasteiger partial charge in [0, 0.05) is 38.4 Å². The van der Waals surface area contributed by atoms with Gasteiger partial charge in [-0.05, 0) is 48.9 Å². The van der Waals surface area contributed by atoms with Crippen molar-refractivity contribution in [1.29, 1.82) is 0 Å². The van der Waals surface area contributed by atoms with Gasteiger partial charge in [0.25, 0.3) is 0 Å². The van der Waals surface area contributed by atoms with Crippen molar-refractivity contribution in [2.75, 3.05) is 32.1 Å². The van der Waals surface area contributed by atoms with Crippen LogP contribution >= 0.6 is 0 Å². The number of benzene rings is 1. The minimum atomic E-state index is -4.48. The van der Waals surface area contributed by atoms with Gasteiger partial charge in [-0.25, -0.2) is 14.4 Å². The minimum absolute atomic E-state index is 0.0752. The molecule has 1 aliphatic heterocycles. The number of nitrogens with one attached hydrogen (secondary N) is 1. The first-order valence-corrected chi connectivity index (χ1v) is 11.9. The molecule has 202 valence electrons. The number of rotatable bonds is 8. The average Bonchev–Trinajstić information content (AvgIpc) is 2.90. The number of carbonyl (C=O) groups is 1. The van der Waals surface area contributed by atoms with Gasteiger partial charge in [0.05, 0.1) is 19.3 Å². The highest BCUT2D eigenvalue weighted by Crippen LogP contribution is 2.30. The van der Waals surface area contributed by atoms with Gasteiger partial charge in [-0.15, -0.1) is 0 Å². The highest BCUT2D eigenvalue weighted by Gasteiger charge is 2.47. The molecule has 0 saturated carbocycles. The van der Waals surface area contributed by atoms with Crippen LogP contribution in [0.2, 0.25) is 0 Å². The van der Waals surface area contributed by atoms with Crippen LogP contribution in [0.4, 0.5) is 23.4 Å². The van der Waals surface area contributed by atoms with Gasteiger partial charge in [-0.1, -0.05) is 6.07 Å². The van der Waals surface area contributed by atoms with Crippen LogP contribution in [-0.4, -0.2) is 70.7 Å². The van der Waals surface area contributed by atoms with Crippen molar-refractivity contribution in [1.82, 2.24) is 19.8 Å². The molecular formula is C26H27F4N5O3. The van der Waals surface area contributed by atoms with Gasteiger partial charge < -0.3 is 14.8 Å². The second kappa shape index (κ2) is 11.7. The fraction of sp³-hybridized carbons (Fsp3) is 0.346. The van der Waals surface area contributed by atoms with Gasteiger partial charge in [-0.2, -0.15) is 13.2 Å². The second-order valence-corrected chi connectivity index (χ2v) is 8.83. The van der Waals surface area contributed by atoms with E-state index in [0.29, 0.717) is 22.9 Å². The van der Waals surface area contributed by atoms with E-state index in [1.807, 2.05) is 0 Å². The molecule has 0 spiro atoms. The number of hydrogen-bond acceptors (Lipinski definition) is 7. The molecule has 1 amide bonds. The lowest BCUT2D eigenvalue weighted by Crippen LogP contribution is -2.61. The average molecular weight is 534 g/mol. The molecule has 0 aliphatic carbocycles. The summed E-state index contributed by atoms with van der Waals surface area (Å²) >= 11 is 0. The summed E-state index contributed by atoms with van der Waals surface area (Å²) in [4.78, 5) is 23.9. The lowest BCUT2D eigenvalue weighted by Gasteiger charge is -2.43. The Bertz CT molecular complexity index is 1210.